The van der Waals surface area contributed by atoms with Gasteiger partial charge in [-0.05, 0) is 29.7 Å². The summed E-state index contributed by atoms with van der Waals surface area (Å²) >= 11 is 1.23. The first-order valence-electron chi connectivity index (χ1n) is 6.75. The molecule has 116 valence electrons. The van der Waals surface area contributed by atoms with Crippen molar-refractivity contribution in [2.24, 2.45) is 0 Å². The van der Waals surface area contributed by atoms with Crippen LogP contribution in [0.5, 0.6) is 0 Å². The number of hydrogen-bond acceptors (Lipinski definition) is 4. The molecule has 0 saturated carbocycles. The second kappa shape index (κ2) is 5.66. The molecule has 1 amide bonds. The minimum atomic E-state index is -1.04. The van der Waals surface area contributed by atoms with Crippen LogP contribution in [0, 0.1) is 5.82 Å². The molecule has 22 heavy (non-hydrogen) atoms. The maximum Gasteiger partial charge on any atom is 0.326 e. The van der Waals surface area contributed by atoms with E-state index in [4.69, 9.17) is 4.74 Å². The third-order valence-electron chi connectivity index (χ3n) is 3.83. The predicted octanol–water partition coefficient (Wildman–Crippen LogP) is 2.35. The maximum absolute atomic E-state index is 13.2. The number of thiophene rings is 1. The van der Waals surface area contributed by atoms with Gasteiger partial charge in [0.1, 0.15) is 11.9 Å². The minimum Gasteiger partial charge on any atom is -0.480 e. The van der Waals surface area contributed by atoms with Crippen molar-refractivity contribution in [3.63, 3.8) is 0 Å². The van der Waals surface area contributed by atoms with Crippen molar-refractivity contribution in [3.8, 4) is 0 Å². The van der Waals surface area contributed by atoms with Gasteiger partial charge in [0.15, 0.2) is 0 Å². The van der Waals surface area contributed by atoms with Crippen LogP contribution >= 0.6 is 11.3 Å². The van der Waals surface area contributed by atoms with Crippen molar-refractivity contribution in [1.82, 2.24) is 4.90 Å². The number of carbonyl (C=O) groups is 2. The van der Waals surface area contributed by atoms with Gasteiger partial charge in [-0.25, -0.2) is 9.18 Å². The molecule has 7 heteroatoms. The smallest absolute Gasteiger partial charge is 0.326 e. The lowest BCUT2D eigenvalue weighted by molar-refractivity contribution is -0.141. The van der Waals surface area contributed by atoms with Gasteiger partial charge in [0, 0.05) is 24.8 Å². The molecule has 0 bridgehead atoms. The Balaban J connectivity index is 1.92. The second-order valence-electron chi connectivity index (χ2n) is 5.20. The first kappa shape index (κ1) is 14.9. The summed E-state index contributed by atoms with van der Waals surface area (Å²) in [6.07, 6.45) is -0.00578. The zero-order valence-corrected chi connectivity index (χ0v) is 12.6. The quantitative estimate of drug-likeness (QED) is 0.941. The predicted molar refractivity (Wildman–Crippen MR) is 79.7 cm³/mol. The molecule has 0 aliphatic carbocycles. The fraction of sp³-hybridized carbons (Fsp3) is 0.333. The van der Waals surface area contributed by atoms with E-state index in [-0.39, 0.29) is 30.8 Å². The summed E-state index contributed by atoms with van der Waals surface area (Å²) < 4.78 is 19.2. The number of nitrogens with zero attached hydrogens (tertiary/aromatic N) is 1. The fourth-order valence-corrected chi connectivity index (χ4v) is 3.69. The number of fused-ring (bicyclic) bond motifs is 1. The van der Waals surface area contributed by atoms with Crippen molar-refractivity contribution < 1.29 is 23.8 Å². The summed E-state index contributed by atoms with van der Waals surface area (Å²) in [6, 6.07) is 5.02. The number of carboxylic acid groups (broad SMARTS) is 1. The zero-order chi connectivity index (χ0) is 15.9. The highest BCUT2D eigenvalue weighted by atomic mass is 32.1. The molecule has 1 N–H and O–H groups in total. The van der Waals surface area contributed by atoms with Crippen LogP contribution in [0.3, 0.4) is 0 Å². The van der Waals surface area contributed by atoms with E-state index in [0.717, 1.165) is 4.70 Å². The molecular weight excluding hydrogens is 309 g/mol. The summed E-state index contributed by atoms with van der Waals surface area (Å²) in [5.41, 5.74) is 0. The Morgan fingerprint density at radius 1 is 1.41 bits per heavy atom. The molecule has 1 aromatic heterocycles. The first-order valence-corrected chi connectivity index (χ1v) is 7.57. The summed E-state index contributed by atoms with van der Waals surface area (Å²) in [5.74, 6) is -1.76. The fourth-order valence-electron chi connectivity index (χ4n) is 2.69. The Labute approximate surface area is 129 Å². The summed E-state index contributed by atoms with van der Waals surface area (Å²) in [4.78, 5) is 25.7. The number of benzene rings is 1. The van der Waals surface area contributed by atoms with Gasteiger partial charge in [0.2, 0.25) is 0 Å². The second-order valence-corrected chi connectivity index (χ2v) is 6.28. The Morgan fingerprint density at radius 3 is 2.86 bits per heavy atom. The molecule has 1 aliphatic rings. The number of hydrogen-bond donors (Lipinski definition) is 1. The molecule has 0 spiro atoms. The SMILES string of the molecule is COC1CC(C(=O)O)N(C(=O)c2cc3cc(F)ccc3s2)C1. The van der Waals surface area contributed by atoms with Crippen LogP contribution in [-0.2, 0) is 9.53 Å². The van der Waals surface area contributed by atoms with Crippen LogP contribution in [0.1, 0.15) is 16.1 Å². The van der Waals surface area contributed by atoms with E-state index in [0.29, 0.717) is 10.3 Å². The van der Waals surface area contributed by atoms with Crippen LogP contribution in [0.2, 0.25) is 0 Å². The number of carbonyl (C=O) groups excluding carboxylic acids is 1. The molecule has 3 rings (SSSR count). The number of methoxy groups -OCH3 is 1. The highest BCUT2D eigenvalue weighted by Gasteiger charge is 2.40. The Bertz CT molecular complexity index is 744. The van der Waals surface area contributed by atoms with E-state index in [1.807, 2.05) is 0 Å². The van der Waals surface area contributed by atoms with E-state index in [1.54, 1.807) is 12.1 Å². The molecule has 1 saturated heterocycles. The van der Waals surface area contributed by atoms with Gasteiger partial charge in [0.25, 0.3) is 5.91 Å². The van der Waals surface area contributed by atoms with Gasteiger partial charge in [-0.3, -0.25) is 4.79 Å². The van der Waals surface area contributed by atoms with Crippen molar-refractivity contribution in [2.75, 3.05) is 13.7 Å². The first-order chi connectivity index (χ1) is 10.5. The average molecular weight is 323 g/mol. The van der Waals surface area contributed by atoms with Crippen LogP contribution in [0.4, 0.5) is 4.39 Å². The van der Waals surface area contributed by atoms with Crippen molar-refractivity contribution >= 4 is 33.3 Å². The molecule has 1 aliphatic heterocycles. The van der Waals surface area contributed by atoms with Gasteiger partial charge in [-0.2, -0.15) is 0 Å². The van der Waals surface area contributed by atoms with Crippen LogP contribution in [0.15, 0.2) is 24.3 Å². The lowest BCUT2D eigenvalue weighted by Gasteiger charge is -2.20. The standard InChI is InChI=1S/C15H14FNO4S/c1-21-10-6-11(15(19)20)17(7-10)14(18)13-5-8-4-9(16)2-3-12(8)22-13/h2-5,10-11H,6-7H2,1H3,(H,19,20). The molecule has 5 nitrogen and oxygen atoms in total. The summed E-state index contributed by atoms with van der Waals surface area (Å²) in [5, 5.41) is 9.91. The molecule has 2 unspecified atom stereocenters. The van der Waals surface area contributed by atoms with E-state index in [9.17, 15) is 19.1 Å². The summed E-state index contributed by atoms with van der Waals surface area (Å²) in [6.45, 7) is 0.245. The van der Waals surface area contributed by atoms with E-state index in [1.165, 1.54) is 35.5 Å². The van der Waals surface area contributed by atoms with Crippen LogP contribution in [-0.4, -0.2) is 47.7 Å². The van der Waals surface area contributed by atoms with Crippen LogP contribution < -0.4 is 0 Å². The zero-order valence-electron chi connectivity index (χ0n) is 11.8. The number of ether oxygens (including phenoxy) is 1. The van der Waals surface area contributed by atoms with Crippen molar-refractivity contribution in [1.29, 1.82) is 0 Å². The number of likely N-dealkylation sites (tertiary alicyclic amines) is 1. The topological polar surface area (TPSA) is 66.8 Å². The molecule has 2 aromatic rings. The minimum absolute atomic E-state index is 0.245. The molecular formula is C15H14FNO4S. The van der Waals surface area contributed by atoms with Crippen molar-refractivity contribution in [3.05, 3.63) is 35.0 Å². The molecule has 2 heterocycles. The third kappa shape index (κ3) is 2.57. The summed E-state index contributed by atoms with van der Waals surface area (Å²) in [7, 11) is 1.50. The number of aliphatic carboxylic acids is 1. The van der Waals surface area contributed by atoms with Crippen LogP contribution in [0.25, 0.3) is 10.1 Å². The number of carboxylic acids is 1. The normalized spacial score (nSPS) is 21.5. The Hall–Kier alpha value is -1.99. The molecule has 1 fully saturated rings. The van der Waals surface area contributed by atoms with Gasteiger partial charge in [-0.15, -0.1) is 11.3 Å². The molecule has 0 radical (unpaired) electrons. The Morgan fingerprint density at radius 2 is 2.18 bits per heavy atom. The monoisotopic (exact) mass is 323 g/mol. The molecule has 1 aromatic carbocycles. The number of amides is 1. The highest BCUT2D eigenvalue weighted by Crippen LogP contribution is 2.30. The van der Waals surface area contributed by atoms with Gasteiger partial charge >= 0.3 is 5.97 Å². The van der Waals surface area contributed by atoms with Gasteiger partial charge in [-0.1, -0.05) is 0 Å². The highest BCUT2D eigenvalue weighted by molar-refractivity contribution is 7.20. The van der Waals surface area contributed by atoms with E-state index < -0.39 is 12.0 Å². The third-order valence-corrected chi connectivity index (χ3v) is 4.94. The largest absolute Gasteiger partial charge is 0.480 e. The van der Waals surface area contributed by atoms with E-state index in [2.05, 4.69) is 0 Å². The number of rotatable bonds is 3. The van der Waals surface area contributed by atoms with Gasteiger partial charge in [0.05, 0.1) is 11.0 Å². The number of halogens is 1. The lowest BCUT2D eigenvalue weighted by atomic mass is 10.2. The molecule has 2 atom stereocenters. The average Bonchev–Trinajstić information content (AvgIpc) is 3.09. The van der Waals surface area contributed by atoms with Crippen molar-refractivity contribution in [2.45, 2.75) is 18.6 Å². The lowest BCUT2D eigenvalue weighted by Crippen LogP contribution is -2.40. The Kier molecular flexibility index (Phi) is 3.84. The van der Waals surface area contributed by atoms with E-state index >= 15 is 0 Å². The van der Waals surface area contributed by atoms with Gasteiger partial charge < -0.3 is 14.7 Å². The maximum atomic E-state index is 13.2.